The third kappa shape index (κ3) is 6.66. The summed E-state index contributed by atoms with van der Waals surface area (Å²) in [7, 11) is 0. The third-order valence-corrected chi connectivity index (χ3v) is 6.03. The molecule has 3 rings (SSSR count). The van der Waals surface area contributed by atoms with Crippen LogP contribution in [0, 0.1) is 26.6 Å². The lowest BCUT2D eigenvalue weighted by atomic mass is 10.1. The van der Waals surface area contributed by atoms with Crippen LogP contribution < -0.4 is 10.6 Å². The Bertz CT molecular complexity index is 1120. The van der Waals surface area contributed by atoms with Gasteiger partial charge in [-0.2, -0.15) is 0 Å². The Morgan fingerprint density at radius 1 is 1.09 bits per heavy atom. The molecule has 174 valence electrons. The van der Waals surface area contributed by atoms with E-state index in [0.717, 1.165) is 27.9 Å². The quantitative estimate of drug-likeness (QED) is 0.416. The van der Waals surface area contributed by atoms with Crippen LogP contribution in [-0.2, 0) is 29.3 Å². The molecular weight excluding hydrogens is 443 g/mol. The van der Waals surface area contributed by atoms with Crippen LogP contribution in [0.2, 0.25) is 0 Å². The molecule has 1 aromatic heterocycles. The van der Waals surface area contributed by atoms with Gasteiger partial charge >= 0.3 is 0 Å². The predicted octanol–water partition coefficient (Wildman–Crippen LogP) is 3.49. The highest BCUT2D eigenvalue weighted by atomic mass is 32.2. The first-order valence-corrected chi connectivity index (χ1v) is 11.4. The van der Waals surface area contributed by atoms with E-state index in [2.05, 4.69) is 15.6 Å². The lowest BCUT2D eigenvalue weighted by molar-refractivity contribution is -0.122. The van der Waals surface area contributed by atoms with Gasteiger partial charge in [0.05, 0.1) is 24.3 Å². The molecule has 0 atom stereocenters. The van der Waals surface area contributed by atoms with E-state index >= 15 is 0 Å². The Hall–Kier alpha value is -3.17. The highest BCUT2D eigenvalue weighted by Gasteiger charge is 2.16. The largest absolute Gasteiger partial charge is 0.390 e. The van der Waals surface area contributed by atoms with E-state index in [1.807, 2.05) is 32.9 Å². The number of halogens is 1. The summed E-state index contributed by atoms with van der Waals surface area (Å²) in [6.45, 7) is 5.82. The van der Waals surface area contributed by atoms with E-state index in [-0.39, 0.29) is 43.1 Å². The van der Waals surface area contributed by atoms with Gasteiger partial charge in [0.25, 0.3) is 0 Å². The smallest absolute Gasteiger partial charge is 0.240 e. The summed E-state index contributed by atoms with van der Waals surface area (Å²) in [5, 5.41) is 15.8. The number of imidazole rings is 1. The number of thioether (sulfide) groups is 1. The minimum atomic E-state index is -0.338. The van der Waals surface area contributed by atoms with E-state index in [0.29, 0.717) is 10.9 Å². The molecule has 0 saturated heterocycles. The number of anilines is 1. The molecule has 2 amide bonds. The number of benzene rings is 2. The first-order valence-electron chi connectivity index (χ1n) is 10.4. The minimum Gasteiger partial charge on any atom is -0.390 e. The summed E-state index contributed by atoms with van der Waals surface area (Å²) < 4.78 is 14.6. The van der Waals surface area contributed by atoms with E-state index in [9.17, 15) is 19.1 Å². The fourth-order valence-corrected chi connectivity index (χ4v) is 4.28. The molecule has 33 heavy (non-hydrogen) atoms. The number of aryl methyl sites for hydroxylation is 3. The molecule has 3 aromatic rings. The second-order valence-corrected chi connectivity index (χ2v) is 8.73. The second kappa shape index (κ2) is 11.1. The maximum absolute atomic E-state index is 13.0. The molecule has 0 saturated carbocycles. The van der Waals surface area contributed by atoms with Crippen LogP contribution in [0.25, 0.3) is 0 Å². The van der Waals surface area contributed by atoms with Gasteiger partial charge < -0.3 is 20.3 Å². The number of carbonyl (C=O) groups excluding carboxylic acids is 2. The monoisotopic (exact) mass is 470 g/mol. The summed E-state index contributed by atoms with van der Waals surface area (Å²) >= 11 is 1.19. The zero-order valence-electron chi connectivity index (χ0n) is 18.8. The number of hydrogen-bond donors (Lipinski definition) is 3. The molecule has 0 bridgehead atoms. The summed E-state index contributed by atoms with van der Waals surface area (Å²) in [6, 6.07) is 9.90. The number of aliphatic hydroxyl groups is 1. The van der Waals surface area contributed by atoms with Gasteiger partial charge in [0.15, 0.2) is 5.16 Å². The number of nitrogens with zero attached hydrogens (tertiary/aromatic N) is 2. The van der Waals surface area contributed by atoms with Crippen molar-refractivity contribution < 1.29 is 19.1 Å². The number of carbonyl (C=O) groups is 2. The third-order valence-electron chi connectivity index (χ3n) is 5.04. The summed E-state index contributed by atoms with van der Waals surface area (Å²) in [5.41, 5.74) is 5.16. The van der Waals surface area contributed by atoms with Crippen molar-refractivity contribution in [2.75, 3.05) is 11.1 Å². The van der Waals surface area contributed by atoms with Crippen molar-refractivity contribution in [2.45, 2.75) is 45.6 Å². The van der Waals surface area contributed by atoms with Crippen LogP contribution in [0.1, 0.15) is 27.9 Å². The average molecular weight is 471 g/mol. The van der Waals surface area contributed by atoms with Crippen molar-refractivity contribution in [1.82, 2.24) is 14.9 Å². The SMILES string of the molecule is Cc1cc(C)c(NC(=O)CSc2ncc(CO)n2CC(=O)NCc2ccc(F)cc2)c(C)c1. The van der Waals surface area contributed by atoms with Crippen LogP contribution in [0.15, 0.2) is 47.8 Å². The normalized spacial score (nSPS) is 10.8. The van der Waals surface area contributed by atoms with E-state index in [1.54, 1.807) is 16.7 Å². The van der Waals surface area contributed by atoms with Gasteiger partial charge in [-0.25, -0.2) is 9.37 Å². The first kappa shape index (κ1) is 24.5. The lowest BCUT2D eigenvalue weighted by Crippen LogP contribution is -2.28. The first-order chi connectivity index (χ1) is 15.8. The zero-order valence-corrected chi connectivity index (χ0v) is 19.6. The summed E-state index contributed by atoms with van der Waals surface area (Å²) in [6.07, 6.45) is 1.49. The maximum atomic E-state index is 13.0. The van der Waals surface area contributed by atoms with Crippen molar-refractivity contribution in [1.29, 1.82) is 0 Å². The molecular formula is C24H27FN4O3S. The van der Waals surface area contributed by atoms with Gasteiger partial charge in [-0.05, 0) is 49.6 Å². The van der Waals surface area contributed by atoms with Gasteiger partial charge in [-0.1, -0.05) is 41.6 Å². The van der Waals surface area contributed by atoms with Gasteiger partial charge in [-0.15, -0.1) is 0 Å². The number of aromatic nitrogens is 2. The molecule has 3 N–H and O–H groups in total. The van der Waals surface area contributed by atoms with E-state index in [4.69, 9.17) is 0 Å². The van der Waals surface area contributed by atoms with Crippen LogP contribution in [-0.4, -0.2) is 32.2 Å². The Labute approximate surface area is 196 Å². The topological polar surface area (TPSA) is 96.2 Å². The van der Waals surface area contributed by atoms with E-state index < -0.39 is 0 Å². The van der Waals surface area contributed by atoms with Gasteiger partial charge in [0.2, 0.25) is 11.8 Å². The van der Waals surface area contributed by atoms with Crippen LogP contribution in [0.4, 0.5) is 10.1 Å². The van der Waals surface area contributed by atoms with Crippen molar-refractivity contribution in [3.05, 3.63) is 76.4 Å². The van der Waals surface area contributed by atoms with Gasteiger partial charge in [0.1, 0.15) is 12.4 Å². The van der Waals surface area contributed by atoms with Gasteiger partial charge in [-0.3, -0.25) is 9.59 Å². The van der Waals surface area contributed by atoms with Gasteiger partial charge in [0, 0.05) is 12.2 Å². The fourth-order valence-electron chi connectivity index (χ4n) is 3.49. The molecule has 0 spiro atoms. The second-order valence-electron chi connectivity index (χ2n) is 7.79. The van der Waals surface area contributed by atoms with Crippen LogP contribution in [0.5, 0.6) is 0 Å². The molecule has 0 aliphatic carbocycles. The molecule has 7 nitrogen and oxygen atoms in total. The molecule has 9 heteroatoms. The average Bonchev–Trinajstić information content (AvgIpc) is 3.15. The molecule has 2 aromatic carbocycles. The number of hydrogen-bond acceptors (Lipinski definition) is 5. The standard InChI is InChI=1S/C24H27FN4O3S/c1-15-8-16(2)23(17(3)9-15)28-22(32)14-33-24-27-11-20(13-30)29(24)12-21(31)26-10-18-4-6-19(25)7-5-18/h4-9,11,30H,10,12-14H2,1-3H3,(H,26,31)(H,28,32). The maximum Gasteiger partial charge on any atom is 0.240 e. The molecule has 0 aliphatic rings. The number of rotatable bonds is 9. The molecule has 0 radical (unpaired) electrons. The number of aliphatic hydroxyl groups excluding tert-OH is 1. The molecule has 0 fully saturated rings. The highest BCUT2D eigenvalue weighted by molar-refractivity contribution is 7.99. The zero-order chi connectivity index (χ0) is 24.0. The summed E-state index contributed by atoms with van der Waals surface area (Å²) in [5.74, 6) is -0.708. The molecule has 0 aliphatic heterocycles. The van der Waals surface area contributed by atoms with Crippen molar-refractivity contribution in [2.24, 2.45) is 0 Å². The Kier molecular flexibility index (Phi) is 8.24. The number of amides is 2. The Morgan fingerprint density at radius 2 is 1.76 bits per heavy atom. The Balaban J connectivity index is 1.60. The Morgan fingerprint density at radius 3 is 2.39 bits per heavy atom. The van der Waals surface area contributed by atoms with Crippen molar-refractivity contribution in [3.63, 3.8) is 0 Å². The molecule has 0 unspecified atom stereocenters. The number of nitrogens with one attached hydrogen (secondary N) is 2. The van der Waals surface area contributed by atoms with E-state index in [1.165, 1.54) is 30.1 Å². The predicted molar refractivity (Wildman–Crippen MR) is 126 cm³/mol. The van der Waals surface area contributed by atoms with Crippen molar-refractivity contribution in [3.8, 4) is 0 Å². The molecule has 1 heterocycles. The van der Waals surface area contributed by atoms with Crippen LogP contribution >= 0.6 is 11.8 Å². The van der Waals surface area contributed by atoms with Crippen LogP contribution in [0.3, 0.4) is 0 Å². The fraction of sp³-hybridized carbons (Fsp3) is 0.292. The lowest BCUT2D eigenvalue weighted by Gasteiger charge is -2.13. The highest BCUT2D eigenvalue weighted by Crippen LogP contribution is 2.23. The van der Waals surface area contributed by atoms with Crippen molar-refractivity contribution >= 4 is 29.3 Å². The minimum absolute atomic E-state index is 0.0583. The summed E-state index contributed by atoms with van der Waals surface area (Å²) in [4.78, 5) is 29.3.